The fourth-order valence-electron chi connectivity index (χ4n) is 3.58. The summed E-state index contributed by atoms with van der Waals surface area (Å²) < 4.78 is 19.2. The summed E-state index contributed by atoms with van der Waals surface area (Å²) in [4.78, 5) is 31.7. The van der Waals surface area contributed by atoms with Crippen molar-refractivity contribution >= 4 is 39.3 Å². The predicted molar refractivity (Wildman–Crippen MR) is 124 cm³/mol. The number of allylic oxidation sites excluding steroid dienone is 1. The van der Waals surface area contributed by atoms with E-state index in [0.717, 1.165) is 4.47 Å². The summed E-state index contributed by atoms with van der Waals surface area (Å²) in [6, 6.07) is 8.23. The van der Waals surface area contributed by atoms with E-state index < -0.39 is 12.0 Å². The Morgan fingerprint density at radius 2 is 2.12 bits per heavy atom. The number of fused-ring (bicyclic) bond motifs is 1. The van der Waals surface area contributed by atoms with E-state index in [9.17, 15) is 9.59 Å². The van der Waals surface area contributed by atoms with Gasteiger partial charge in [-0.2, -0.15) is 0 Å². The Labute approximate surface area is 196 Å². The third-order valence-corrected chi connectivity index (χ3v) is 6.36. The van der Waals surface area contributed by atoms with E-state index in [-0.39, 0.29) is 11.7 Å². The van der Waals surface area contributed by atoms with Gasteiger partial charge in [0.1, 0.15) is 17.6 Å². The zero-order valence-corrected chi connectivity index (χ0v) is 20.3. The maximum absolute atomic E-state index is 13.5. The van der Waals surface area contributed by atoms with Crippen molar-refractivity contribution in [1.29, 1.82) is 0 Å². The topological polar surface area (TPSA) is 83.0 Å². The van der Waals surface area contributed by atoms with E-state index in [2.05, 4.69) is 20.9 Å². The van der Waals surface area contributed by atoms with Crippen molar-refractivity contribution in [2.24, 2.45) is 4.99 Å². The van der Waals surface area contributed by atoms with E-state index in [4.69, 9.17) is 13.9 Å². The van der Waals surface area contributed by atoms with Gasteiger partial charge < -0.3 is 13.9 Å². The van der Waals surface area contributed by atoms with Gasteiger partial charge in [-0.25, -0.2) is 9.79 Å². The summed E-state index contributed by atoms with van der Waals surface area (Å²) in [5.41, 5.74) is 1.16. The number of nitrogens with zero attached hydrogens (tertiary/aromatic N) is 2. The van der Waals surface area contributed by atoms with Gasteiger partial charge in [0, 0.05) is 16.1 Å². The van der Waals surface area contributed by atoms with Crippen LogP contribution in [0.5, 0.6) is 5.75 Å². The molecule has 0 amide bonds. The first-order valence-electron chi connectivity index (χ1n) is 9.90. The summed E-state index contributed by atoms with van der Waals surface area (Å²) in [6.45, 7) is 5.31. The molecule has 4 rings (SSSR count). The number of halogens is 1. The van der Waals surface area contributed by atoms with E-state index in [1.54, 1.807) is 58.4 Å². The van der Waals surface area contributed by atoms with Crippen molar-refractivity contribution < 1.29 is 18.7 Å². The molecule has 1 aliphatic heterocycles. The Hall–Kier alpha value is -2.91. The van der Waals surface area contributed by atoms with Gasteiger partial charge >= 0.3 is 5.97 Å². The first-order chi connectivity index (χ1) is 15.3. The number of hydrogen-bond acceptors (Lipinski definition) is 7. The summed E-state index contributed by atoms with van der Waals surface area (Å²) in [5, 5.41) is 0. The molecule has 3 aromatic rings. The number of hydrogen-bond donors (Lipinski definition) is 0. The fraction of sp³-hybridized carbons (Fsp3) is 0.261. The third-order valence-electron chi connectivity index (χ3n) is 4.89. The average molecular weight is 517 g/mol. The highest BCUT2D eigenvalue weighted by atomic mass is 79.9. The molecular weight excluding hydrogens is 496 g/mol. The highest BCUT2D eigenvalue weighted by Crippen LogP contribution is 2.37. The minimum atomic E-state index is -0.760. The maximum atomic E-state index is 13.5. The van der Waals surface area contributed by atoms with Gasteiger partial charge in [-0.1, -0.05) is 27.3 Å². The highest BCUT2D eigenvalue weighted by Gasteiger charge is 2.35. The van der Waals surface area contributed by atoms with Crippen LogP contribution in [0.2, 0.25) is 0 Å². The number of benzene rings is 1. The van der Waals surface area contributed by atoms with Crippen LogP contribution in [0.1, 0.15) is 38.1 Å². The molecule has 0 radical (unpaired) electrons. The molecule has 0 fully saturated rings. The van der Waals surface area contributed by atoms with Crippen LogP contribution in [0.3, 0.4) is 0 Å². The third kappa shape index (κ3) is 4.10. The van der Waals surface area contributed by atoms with E-state index in [0.29, 0.717) is 37.7 Å². The number of carbonyl (C=O) groups is 1. The molecule has 0 spiro atoms. The van der Waals surface area contributed by atoms with Gasteiger partial charge in [0.05, 0.1) is 35.3 Å². The zero-order valence-electron chi connectivity index (χ0n) is 17.9. The monoisotopic (exact) mass is 516 g/mol. The Morgan fingerprint density at radius 1 is 1.34 bits per heavy atom. The van der Waals surface area contributed by atoms with Crippen LogP contribution >= 0.6 is 27.3 Å². The Balaban J connectivity index is 2.02. The lowest BCUT2D eigenvalue weighted by Crippen LogP contribution is -2.40. The van der Waals surface area contributed by atoms with Gasteiger partial charge in [0.15, 0.2) is 4.80 Å². The van der Waals surface area contributed by atoms with Crippen LogP contribution in [0.25, 0.3) is 6.08 Å². The van der Waals surface area contributed by atoms with Crippen molar-refractivity contribution in [2.45, 2.75) is 32.9 Å². The van der Waals surface area contributed by atoms with Crippen LogP contribution in [0.4, 0.5) is 0 Å². The molecule has 0 aliphatic carbocycles. The number of esters is 1. The van der Waals surface area contributed by atoms with Crippen LogP contribution in [0.15, 0.2) is 66.5 Å². The van der Waals surface area contributed by atoms with Gasteiger partial charge in [-0.05, 0) is 51.1 Å². The van der Waals surface area contributed by atoms with Gasteiger partial charge in [-0.15, -0.1) is 0 Å². The number of thiazole rings is 1. The molecule has 32 heavy (non-hydrogen) atoms. The molecular formula is C23H21BrN2O5S. The average Bonchev–Trinajstić information content (AvgIpc) is 3.35. The molecule has 9 heteroatoms. The largest absolute Gasteiger partial charge is 0.496 e. The second-order valence-corrected chi connectivity index (χ2v) is 9.36. The van der Waals surface area contributed by atoms with Crippen molar-refractivity contribution in [2.75, 3.05) is 7.11 Å². The first-order valence-corrected chi connectivity index (χ1v) is 11.5. The number of carbonyl (C=O) groups excluding carboxylic acids is 1. The predicted octanol–water partition coefficient (Wildman–Crippen LogP) is 3.55. The maximum Gasteiger partial charge on any atom is 0.338 e. The molecule has 166 valence electrons. The lowest BCUT2D eigenvalue weighted by molar-refractivity contribution is -0.143. The van der Waals surface area contributed by atoms with E-state index in [1.165, 1.54) is 15.9 Å². The molecule has 3 heterocycles. The minimum Gasteiger partial charge on any atom is -0.496 e. The molecule has 7 nitrogen and oxygen atoms in total. The number of methoxy groups -OCH3 is 1. The van der Waals surface area contributed by atoms with Crippen molar-refractivity contribution in [3.8, 4) is 5.75 Å². The Bertz CT molecular complexity index is 1380. The first kappa shape index (κ1) is 22.3. The Kier molecular flexibility index (Phi) is 6.21. The second-order valence-electron chi connectivity index (χ2n) is 7.44. The van der Waals surface area contributed by atoms with Gasteiger partial charge in [0.25, 0.3) is 5.56 Å². The molecule has 1 aromatic carbocycles. The van der Waals surface area contributed by atoms with Gasteiger partial charge in [0.2, 0.25) is 0 Å². The number of rotatable bonds is 5. The molecule has 1 aliphatic rings. The SMILES string of the molecule is COc1ccc(Br)cc1[C@@H]1C(C(=O)OC(C)C)=C(C)N=c2s/c(=C\c3ccco3)c(=O)n21. The van der Waals surface area contributed by atoms with Crippen molar-refractivity contribution in [3.05, 3.63) is 83.3 Å². The van der Waals surface area contributed by atoms with Crippen molar-refractivity contribution in [1.82, 2.24) is 4.57 Å². The lowest BCUT2D eigenvalue weighted by Gasteiger charge is -2.26. The van der Waals surface area contributed by atoms with Gasteiger partial charge in [-0.3, -0.25) is 9.36 Å². The standard InChI is InChI=1S/C23H21BrN2O5S/c1-12(2)31-22(28)19-13(3)25-23-26(20(19)16-10-14(24)7-8-17(16)29-4)21(27)18(32-23)11-15-6-5-9-30-15/h5-12,20H,1-4H3/b18-11-/t20-/m1/s1. The van der Waals surface area contributed by atoms with E-state index in [1.807, 2.05) is 12.1 Å². The van der Waals surface area contributed by atoms with E-state index >= 15 is 0 Å². The normalized spacial score (nSPS) is 16.2. The molecule has 0 bridgehead atoms. The van der Waals surface area contributed by atoms with Crippen LogP contribution in [0, 0.1) is 0 Å². The molecule has 1 atom stereocenters. The Morgan fingerprint density at radius 3 is 2.78 bits per heavy atom. The van der Waals surface area contributed by atoms with Crippen LogP contribution in [-0.4, -0.2) is 23.8 Å². The minimum absolute atomic E-state index is 0.278. The number of ether oxygens (including phenoxy) is 2. The zero-order chi connectivity index (χ0) is 23.0. The van der Waals surface area contributed by atoms with Crippen LogP contribution in [-0.2, 0) is 9.53 Å². The number of aromatic nitrogens is 1. The van der Waals surface area contributed by atoms with Crippen LogP contribution < -0.4 is 19.6 Å². The molecule has 0 unspecified atom stereocenters. The summed E-state index contributed by atoms with van der Waals surface area (Å²) >= 11 is 4.73. The second kappa shape index (κ2) is 8.91. The molecule has 2 aromatic heterocycles. The van der Waals surface area contributed by atoms with Crippen molar-refractivity contribution in [3.63, 3.8) is 0 Å². The smallest absolute Gasteiger partial charge is 0.338 e. The molecule has 0 saturated heterocycles. The summed E-state index contributed by atoms with van der Waals surface area (Å²) in [5.74, 6) is 0.582. The molecule has 0 N–H and O–H groups in total. The summed E-state index contributed by atoms with van der Waals surface area (Å²) in [7, 11) is 1.55. The summed E-state index contributed by atoms with van der Waals surface area (Å²) in [6.07, 6.45) is 2.89. The molecule has 0 saturated carbocycles. The quantitative estimate of drug-likeness (QED) is 0.484. The fourth-order valence-corrected chi connectivity index (χ4v) is 4.98. The number of furan rings is 1. The highest BCUT2D eigenvalue weighted by molar-refractivity contribution is 9.10. The lowest BCUT2D eigenvalue weighted by atomic mass is 9.95.